The maximum absolute atomic E-state index is 12.1. The maximum Gasteiger partial charge on any atom is 0.309 e. The molecule has 0 saturated heterocycles. The van der Waals surface area contributed by atoms with Crippen LogP contribution in [0.2, 0.25) is 0 Å². The van der Waals surface area contributed by atoms with Crippen LogP contribution < -0.4 is 20.1 Å². The van der Waals surface area contributed by atoms with Crippen LogP contribution in [0.5, 0.6) is 11.5 Å². The van der Waals surface area contributed by atoms with Crippen molar-refractivity contribution in [3.8, 4) is 11.5 Å². The van der Waals surface area contributed by atoms with E-state index in [1.54, 1.807) is 26.4 Å². The van der Waals surface area contributed by atoms with E-state index in [2.05, 4.69) is 10.6 Å². The van der Waals surface area contributed by atoms with E-state index in [9.17, 15) is 9.59 Å². The van der Waals surface area contributed by atoms with Gasteiger partial charge in [-0.3, -0.25) is 9.59 Å². The molecule has 2 N–H and O–H groups in total. The van der Waals surface area contributed by atoms with Crippen LogP contribution in [0.25, 0.3) is 0 Å². The topological polar surface area (TPSA) is 85.9 Å². The van der Waals surface area contributed by atoms with Gasteiger partial charge in [-0.1, -0.05) is 30.3 Å². The fraction of sp³-hybridized carbons (Fsp3) is 0.300. The molecule has 0 aliphatic rings. The summed E-state index contributed by atoms with van der Waals surface area (Å²) in [6.07, 6.45) is -0.434. The number of nitrogens with one attached hydrogen (secondary N) is 2. The summed E-state index contributed by atoms with van der Waals surface area (Å²) in [5, 5.41) is 5.17. The minimum atomic E-state index is -0.727. The standard InChI is InChI=1S/C20H24N2O5/c1-25-15-8-6-7-14(11-15)12-21-19(23)20(24)22-13-18(27-3)16-9-4-5-10-17(16)26-2/h4-11,18H,12-13H2,1-3H3,(H,21,23)(H,22,24). The molecule has 0 saturated carbocycles. The van der Waals surface area contributed by atoms with Crippen LogP contribution in [-0.4, -0.2) is 39.7 Å². The molecule has 0 aliphatic carbocycles. The number of methoxy groups -OCH3 is 3. The first-order valence-corrected chi connectivity index (χ1v) is 8.43. The summed E-state index contributed by atoms with van der Waals surface area (Å²) < 4.78 is 15.9. The first-order valence-electron chi connectivity index (χ1n) is 8.43. The lowest BCUT2D eigenvalue weighted by Gasteiger charge is -2.18. The van der Waals surface area contributed by atoms with E-state index in [0.717, 1.165) is 11.1 Å². The zero-order chi connectivity index (χ0) is 19.6. The molecular formula is C20H24N2O5. The largest absolute Gasteiger partial charge is 0.497 e. The molecule has 2 aromatic carbocycles. The van der Waals surface area contributed by atoms with Gasteiger partial charge >= 0.3 is 11.8 Å². The van der Waals surface area contributed by atoms with Crippen molar-refractivity contribution in [2.24, 2.45) is 0 Å². The normalized spacial score (nSPS) is 11.4. The van der Waals surface area contributed by atoms with Crippen molar-refractivity contribution >= 4 is 11.8 Å². The molecule has 2 aromatic rings. The second-order valence-electron chi connectivity index (χ2n) is 5.71. The van der Waals surface area contributed by atoms with Gasteiger partial charge in [0, 0.05) is 25.8 Å². The molecule has 27 heavy (non-hydrogen) atoms. The second kappa shape index (κ2) is 10.2. The summed E-state index contributed by atoms with van der Waals surface area (Å²) in [6.45, 7) is 0.367. The molecule has 2 rings (SSSR count). The van der Waals surface area contributed by atoms with Gasteiger partial charge in [-0.2, -0.15) is 0 Å². The van der Waals surface area contributed by atoms with Gasteiger partial charge in [-0.25, -0.2) is 0 Å². The quantitative estimate of drug-likeness (QED) is 0.691. The predicted octanol–water partition coefficient (Wildman–Crippen LogP) is 1.82. The highest BCUT2D eigenvalue weighted by Crippen LogP contribution is 2.26. The minimum Gasteiger partial charge on any atom is -0.497 e. The van der Waals surface area contributed by atoms with Gasteiger partial charge in [-0.05, 0) is 23.8 Å². The van der Waals surface area contributed by atoms with Crippen molar-refractivity contribution in [2.45, 2.75) is 12.6 Å². The zero-order valence-electron chi connectivity index (χ0n) is 15.7. The zero-order valence-corrected chi connectivity index (χ0v) is 15.7. The molecule has 0 heterocycles. The predicted molar refractivity (Wildman–Crippen MR) is 101 cm³/mol. The molecule has 144 valence electrons. The Balaban J connectivity index is 1.88. The highest BCUT2D eigenvalue weighted by atomic mass is 16.5. The average molecular weight is 372 g/mol. The molecule has 7 heteroatoms. The third kappa shape index (κ3) is 5.72. The van der Waals surface area contributed by atoms with E-state index in [4.69, 9.17) is 14.2 Å². The van der Waals surface area contributed by atoms with Crippen LogP contribution in [0.4, 0.5) is 0 Å². The van der Waals surface area contributed by atoms with Crippen molar-refractivity contribution in [1.82, 2.24) is 10.6 Å². The molecule has 1 atom stereocenters. The summed E-state index contributed by atoms with van der Waals surface area (Å²) in [7, 11) is 4.67. The molecule has 0 aliphatic heterocycles. The summed E-state index contributed by atoms with van der Waals surface area (Å²) in [4.78, 5) is 24.1. The molecule has 0 bridgehead atoms. The number of ether oxygens (including phenoxy) is 3. The highest BCUT2D eigenvalue weighted by Gasteiger charge is 2.19. The van der Waals surface area contributed by atoms with Crippen LogP contribution in [-0.2, 0) is 20.9 Å². The molecule has 0 aromatic heterocycles. The molecule has 0 radical (unpaired) electrons. The monoisotopic (exact) mass is 372 g/mol. The van der Waals surface area contributed by atoms with Gasteiger partial charge in [0.05, 0.1) is 14.2 Å². The molecule has 2 amide bonds. The minimum absolute atomic E-state index is 0.141. The Morgan fingerprint density at radius 2 is 1.67 bits per heavy atom. The number of rotatable bonds is 8. The maximum atomic E-state index is 12.1. The summed E-state index contributed by atoms with van der Waals surface area (Å²) >= 11 is 0. The van der Waals surface area contributed by atoms with Gasteiger partial charge in [-0.15, -0.1) is 0 Å². The molecule has 1 unspecified atom stereocenters. The van der Waals surface area contributed by atoms with Gasteiger partial charge in [0.25, 0.3) is 0 Å². The Morgan fingerprint density at radius 3 is 2.37 bits per heavy atom. The van der Waals surface area contributed by atoms with Gasteiger partial charge in [0.15, 0.2) is 0 Å². The molecular weight excluding hydrogens is 348 g/mol. The fourth-order valence-electron chi connectivity index (χ4n) is 2.56. The van der Waals surface area contributed by atoms with Crippen molar-refractivity contribution < 1.29 is 23.8 Å². The Hall–Kier alpha value is -3.06. The van der Waals surface area contributed by atoms with E-state index in [1.807, 2.05) is 36.4 Å². The van der Waals surface area contributed by atoms with Crippen molar-refractivity contribution in [1.29, 1.82) is 0 Å². The van der Waals surface area contributed by atoms with Crippen LogP contribution in [0, 0.1) is 0 Å². The van der Waals surface area contributed by atoms with Crippen LogP contribution in [0.3, 0.4) is 0 Å². The first kappa shape index (κ1) is 20.3. The summed E-state index contributed by atoms with van der Waals surface area (Å²) in [5.41, 5.74) is 1.62. The van der Waals surface area contributed by atoms with Crippen LogP contribution in [0.1, 0.15) is 17.2 Å². The van der Waals surface area contributed by atoms with E-state index in [0.29, 0.717) is 11.5 Å². The lowest BCUT2D eigenvalue weighted by atomic mass is 10.1. The number of carbonyl (C=O) groups excluding carboxylic acids is 2. The van der Waals surface area contributed by atoms with E-state index < -0.39 is 17.9 Å². The van der Waals surface area contributed by atoms with Gasteiger partial charge < -0.3 is 24.8 Å². The van der Waals surface area contributed by atoms with Crippen molar-refractivity contribution in [3.05, 3.63) is 59.7 Å². The third-order valence-corrected chi connectivity index (χ3v) is 4.01. The number of para-hydroxylation sites is 1. The Morgan fingerprint density at radius 1 is 0.926 bits per heavy atom. The third-order valence-electron chi connectivity index (χ3n) is 4.01. The number of benzene rings is 2. The lowest BCUT2D eigenvalue weighted by molar-refractivity contribution is -0.139. The Labute approximate surface area is 158 Å². The second-order valence-corrected chi connectivity index (χ2v) is 5.71. The van der Waals surface area contributed by atoms with Crippen LogP contribution >= 0.6 is 0 Å². The first-order chi connectivity index (χ1) is 13.1. The smallest absolute Gasteiger partial charge is 0.309 e. The van der Waals surface area contributed by atoms with Gasteiger partial charge in [0.1, 0.15) is 17.6 Å². The van der Waals surface area contributed by atoms with E-state index >= 15 is 0 Å². The Kier molecular flexibility index (Phi) is 7.63. The molecule has 0 fully saturated rings. The van der Waals surface area contributed by atoms with Gasteiger partial charge in [0.2, 0.25) is 0 Å². The summed E-state index contributed by atoms with van der Waals surface area (Å²) in [6, 6.07) is 14.6. The van der Waals surface area contributed by atoms with Crippen molar-refractivity contribution in [3.63, 3.8) is 0 Å². The van der Waals surface area contributed by atoms with Crippen LogP contribution in [0.15, 0.2) is 48.5 Å². The number of carbonyl (C=O) groups is 2. The summed E-state index contributed by atoms with van der Waals surface area (Å²) in [5.74, 6) is -0.102. The number of hydrogen-bond acceptors (Lipinski definition) is 5. The van der Waals surface area contributed by atoms with E-state index in [-0.39, 0.29) is 13.1 Å². The highest BCUT2D eigenvalue weighted by molar-refractivity contribution is 6.35. The van der Waals surface area contributed by atoms with E-state index in [1.165, 1.54) is 7.11 Å². The number of amides is 2. The molecule has 7 nitrogen and oxygen atoms in total. The average Bonchev–Trinajstić information content (AvgIpc) is 2.72. The van der Waals surface area contributed by atoms with Crippen molar-refractivity contribution in [2.75, 3.05) is 27.9 Å². The fourth-order valence-corrected chi connectivity index (χ4v) is 2.56. The SMILES string of the molecule is COc1cccc(CNC(=O)C(=O)NCC(OC)c2ccccc2OC)c1. The lowest BCUT2D eigenvalue weighted by Crippen LogP contribution is -2.41. The molecule has 0 spiro atoms. The number of hydrogen-bond donors (Lipinski definition) is 2. The Bertz CT molecular complexity index is 778.